The van der Waals surface area contributed by atoms with Crippen molar-refractivity contribution in [2.45, 2.75) is 39.3 Å². The van der Waals surface area contributed by atoms with Crippen LogP contribution < -0.4 is 11.1 Å². The second-order valence-corrected chi connectivity index (χ2v) is 6.60. The van der Waals surface area contributed by atoms with Gasteiger partial charge in [-0.25, -0.2) is 0 Å². The smallest absolute Gasteiger partial charge is 0.244 e. The fraction of sp³-hybridized carbons (Fsp3) is 0.562. The molecule has 23 heavy (non-hydrogen) atoms. The first-order chi connectivity index (χ1) is 9.78. The quantitative estimate of drug-likeness (QED) is 0.700. The van der Waals surface area contributed by atoms with E-state index < -0.39 is 5.54 Å². The highest BCUT2D eigenvalue weighted by Gasteiger charge is 2.30. The van der Waals surface area contributed by atoms with E-state index in [1.165, 1.54) is 0 Å². The molecule has 1 amide bonds. The van der Waals surface area contributed by atoms with Gasteiger partial charge in [0.25, 0.3) is 0 Å². The van der Waals surface area contributed by atoms with Crippen molar-refractivity contribution < 1.29 is 4.79 Å². The molecule has 0 bridgehead atoms. The molecule has 0 aromatic heterocycles. The van der Waals surface area contributed by atoms with E-state index in [0.29, 0.717) is 12.6 Å². The fourth-order valence-electron chi connectivity index (χ4n) is 2.21. The van der Waals surface area contributed by atoms with Crippen LogP contribution in [0, 0.1) is 0 Å². The summed E-state index contributed by atoms with van der Waals surface area (Å²) < 4.78 is 0.970. The molecule has 0 fully saturated rings. The van der Waals surface area contributed by atoms with Crippen LogP contribution in [-0.4, -0.2) is 36.5 Å². The Morgan fingerprint density at radius 1 is 1.30 bits per heavy atom. The molecule has 0 saturated carbocycles. The Balaban J connectivity index is 0. The van der Waals surface area contributed by atoms with Gasteiger partial charge in [0.2, 0.25) is 5.91 Å². The van der Waals surface area contributed by atoms with Crippen molar-refractivity contribution >= 4 is 46.7 Å². The number of nitrogens with two attached hydrogens (primary N) is 1. The maximum absolute atomic E-state index is 12.3. The van der Waals surface area contributed by atoms with Crippen LogP contribution in [0.1, 0.15) is 33.3 Å². The van der Waals surface area contributed by atoms with Crippen molar-refractivity contribution in [2.75, 3.05) is 19.6 Å². The molecule has 1 unspecified atom stereocenters. The third kappa shape index (κ3) is 7.40. The van der Waals surface area contributed by atoms with Crippen molar-refractivity contribution in [1.82, 2.24) is 10.2 Å². The molecular weight excluding hydrogens is 401 g/mol. The largest absolute Gasteiger partial charge is 0.353 e. The van der Waals surface area contributed by atoms with Crippen LogP contribution in [-0.2, 0) is 10.3 Å². The fourth-order valence-corrected chi connectivity index (χ4v) is 2.47. The maximum Gasteiger partial charge on any atom is 0.244 e. The van der Waals surface area contributed by atoms with E-state index in [-0.39, 0.29) is 30.7 Å². The number of halogens is 3. The monoisotopic (exact) mass is 427 g/mol. The summed E-state index contributed by atoms with van der Waals surface area (Å²) in [5, 5.41) is 2.94. The van der Waals surface area contributed by atoms with Gasteiger partial charge >= 0.3 is 0 Å². The summed E-state index contributed by atoms with van der Waals surface area (Å²) >= 11 is 3.38. The lowest BCUT2D eigenvalue weighted by Crippen LogP contribution is -2.50. The minimum absolute atomic E-state index is 0. The summed E-state index contributed by atoms with van der Waals surface area (Å²) in [6.45, 7) is 10.6. The SMILES string of the molecule is CCN(CCNC(=O)C(C)(N)c1ccc(Br)cc1)C(C)C.Cl.Cl. The van der Waals surface area contributed by atoms with Gasteiger partial charge in [0.05, 0.1) is 0 Å². The Labute approximate surface area is 160 Å². The highest BCUT2D eigenvalue weighted by molar-refractivity contribution is 9.10. The van der Waals surface area contributed by atoms with E-state index >= 15 is 0 Å². The average Bonchev–Trinajstić information content (AvgIpc) is 2.43. The molecule has 1 atom stereocenters. The summed E-state index contributed by atoms with van der Waals surface area (Å²) in [6.07, 6.45) is 0. The number of rotatable bonds is 7. The van der Waals surface area contributed by atoms with Crippen LogP contribution in [0.25, 0.3) is 0 Å². The molecule has 0 heterocycles. The van der Waals surface area contributed by atoms with Gasteiger partial charge in [-0.15, -0.1) is 24.8 Å². The van der Waals surface area contributed by atoms with Gasteiger partial charge in [0, 0.05) is 23.6 Å². The number of hydrogen-bond donors (Lipinski definition) is 2. The van der Waals surface area contributed by atoms with Gasteiger partial charge in [-0.05, 0) is 45.0 Å². The first-order valence-corrected chi connectivity index (χ1v) is 8.15. The molecule has 0 saturated heterocycles. The molecule has 0 spiro atoms. The molecule has 0 aliphatic carbocycles. The van der Waals surface area contributed by atoms with Crippen LogP contribution in [0.3, 0.4) is 0 Å². The van der Waals surface area contributed by atoms with Gasteiger partial charge in [0.1, 0.15) is 5.54 Å². The lowest BCUT2D eigenvalue weighted by atomic mass is 9.92. The molecule has 0 aliphatic rings. The maximum atomic E-state index is 12.3. The third-order valence-electron chi connectivity index (χ3n) is 3.74. The number of hydrogen-bond acceptors (Lipinski definition) is 3. The summed E-state index contributed by atoms with van der Waals surface area (Å²) in [6, 6.07) is 8.01. The van der Waals surface area contributed by atoms with E-state index in [1.54, 1.807) is 6.92 Å². The van der Waals surface area contributed by atoms with E-state index in [2.05, 4.69) is 46.9 Å². The number of nitrogens with zero attached hydrogens (tertiary/aromatic N) is 1. The van der Waals surface area contributed by atoms with Crippen molar-refractivity contribution in [3.8, 4) is 0 Å². The summed E-state index contributed by atoms with van der Waals surface area (Å²) in [5.41, 5.74) is 5.99. The summed E-state index contributed by atoms with van der Waals surface area (Å²) in [4.78, 5) is 14.6. The highest BCUT2D eigenvalue weighted by atomic mass is 79.9. The third-order valence-corrected chi connectivity index (χ3v) is 4.27. The molecular formula is C16H28BrCl2N3O. The highest BCUT2D eigenvalue weighted by Crippen LogP contribution is 2.20. The van der Waals surface area contributed by atoms with Crippen LogP contribution in [0.15, 0.2) is 28.7 Å². The van der Waals surface area contributed by atoms with E-state index in [4.69, 9.17) is 5.73 Å². The van der Waals surface area contributed by atoms with E-state index in [0.717, 1.165) is 23.1 Å². The molecule has 7 heteroatoms. The zero-order valence-electron chi connectivity index (χ0n) is 14.1. The van der Waals surface area contributed by atoms with Crippen molar-refractivity contribution in [3.05, 3.63) is 34.3 Å². The number of benzene rings is 1. The Morgan fingerprint density at radius 3 is 2.26 bits per heavy atom. The van der Waals surface area contributed by atoms with E-state index in [1.807, 2.05) is 24.3 Å². The predicted octanol–water partition coefficient (Wildman–Crippen LogP) is 3.31. The van der Waals surface area contributed by atoms with Gasteiger partial charge in [-0.3, -0.25) is 9.69 Å². The second-order valence-electron chi connectivity index (χ2n) is 5.69. The normalized spacial score (nSPS) is 13.0. The lowest BCUT2D eigenvalue weighted by molar-refractivity contribution is -0.126. The minimum Gasteiger partial charge on any atom is -0.353 e. The van der Waals surface area contributed by atoms with E-state index in [9.17, 15) is 4.79 Å². The Bertz CT molecular complexity index is 467. The zero-order valence-corrected chi connectivity index (χ0v) is 17.4. The average molecular weight is 429 g/mol. The number of carbonyl (C=O) groups is 1. The van der Waals surface area contributed by atoms with Gasteiger partial charge in [0.15, 0.2) is 0 Å². The Hall–Kier alpha value is -0.330. The van der Waals surface area contributed by atoms with Gasteiger partial charge in [-0.2, -0.15) is 0 Å². The Morgan fingerprint density at radius 2 is 1.83 bits per heavy atom. The first kappa shape index (κ1) is 24.9. The van der Waals surface area contributed by atoms with Gasteiger partial charge in [-0.1, -0.05) is 35.0 Å². The number of nitrogens with one attached hydrogen (secondary N) is 1. The molecule has 0 aliphatic heterocycles. The molecule has 134 valence electrons. The number of amides is 1. The molecule has 1 aromatic rings. The molecule has 4 nitrogen and oxygen atoms in total. The molecule has 1 aromatic carbocycles. The van der Waals surface area contributed by atoms with Crippen LogP contribution >= 0.6 is 40.7 Å². The van der Waals surface area contributed by atoms with Gasteiger partial charge < -0.3 is 11.1 Å². The first-order valence-electron chi connectivity index (χ1n) is 7.36. The summed E-state index contributed by atoms with van der Waals surface area (Å²) in [5.74, 6) is -0.148. The number of likely N-dealkylation sites (N-methyl/N-ethyl adjacent to an activating group) is 1. The standard InChI is InChI=1S/C16H26BrN3O.2ClH/c1-5-20(12(2)3)11-10-19-15(21)16(4,18)13-6-8-14(17)9-7-13;;/h6-9,12H,5,10-11,18H2,1-4H3,(H,19,21);2*1H. The van der Waals surface area contributed by atoms with Crippen molar-refractivity contribution in [1.29, 1.82) is 0 Å². The van der Waals surface area contributed by atoms with Crippen LogP contribution in [0.2, 0.25) is 0 Å². The molecule has 1 rings (SSSR count). The lowest BCUT2D eigenvalue weighted by Gasteiger charge is -2.27. The number of carbonyl (C=O) groups excluding carboxylic acids is 1. The molecule has 3 N–H and O–H groups in total. The predicted molar refractivity (Wildman–Crippen MR) is 106 cm³/mol. The van der Waals surface area contributed by atoms with Crippen molar-refractivity contribution in [2.24, 2.45) is 5.73 Å². The minimum atomic E-state index is -1.02. The van der Waals surface area contributed by atoms with Crippen LogP contribution in [0.5, 0.6) is 0 Å². The van der Waals surface area contributed by atoms with Crippen LogP contribution in [0.4, 0.5) is 0 Å². The second kappa shape index (κ2) is 11.3. The van der Waals surface area contributed by atoms with Crippen molar-refractivity contribution in [3.63, 3.8) is 0 Å². The topological polar surface area (TPSA) is 58.4 Å². The zero-order chi connectivity index (χ0) is 16.0. The molecule has 0 radical (unpaired) electrons. The summed E-state index contributed by atoms with van der Waals surface area (Å²) in [7, 11) is 0. The Kier molecular flexibility index (Phi) is 12.2.